The number of piperazine rings is 1. The van der Waals surface area contributed by atoms with Gasteiger partial charge in [0.15, 0.2) is 5.13 Å². The lowest BCUT2D eigenvalue weighted by Crippen LogP contribution is -2.45. The minimum atomic E-state index is -0.171. The highest BCUT2D eigenvalue weighted by Gasteiger charge is 2.25. The minimum Gasteiger partial charge on any atom is -0.378 e. The van der Waals surface area contributed by atoms with Crippen molar-refractivity contribution < 1.29 is 9.13 Å². The number of nitrogens with one attached hydrogen (secondary N) is 1. The molecule has 2 fully saturated rings. The topological polar surface area (TPSA) is 40.6 Å². The van der Waals surface area contributed by atoms with Crippen LogP contribution in [-0.2, 0) is 11.3 Å². The van der Waals surface area contributed by atoms with E-state index in [0.717, 1.165) is 63.2 Å². The summed E-state index contributed by atoms with van der Waals surface area (Å²) in [5.74, 6) is -0.171. The van der Waals surface area contributed by atoms with E-state index in [0.29, 0.717) is 0 Å². The van der Waals surface area contributed by atoms with Gasteiger partial charge in [-0.2, -0.15) is 0 Å². The molecule has 1 aromatic heterocycles. The van der Waals surface area contributed by atoms with Crippen molar-refractivity contribution in [3.8, 4) is 0 Å². The van der Waals surface area contributed by atoms with Crippen LogP contribution >= 0.6 is 11.3 Å². The highest BCUT2D eigenvalue weighted by atomic mass is 32.1. The fourth-order valence-electron chi connectivity index (χ4n) is 3.45. The summed E-state index contributed by atoms with van der Waals surface area (Å²) >= 11 is 1.76. The summed E-state index contributed by atoms with van der Waals surface area (Å²) in [6.07, 6.45) is 1.99. The molecule has 0 aliphatic carbocycles. The number of rotatable bonds is 4. The van der Waals surface area contributed by atoms with Crippen LogP contribution in [0.4, 0.5) is 9.52 Å². The zero-order valence-corrected chi connectivity index (χ0v) is 15.0. The SMILES string of the molecule is Fc1cccc(C2CNCCN2Cc2cnc(N3CCOCC3)s2)c1. The van der Waals surface area contributed by atoms with Crippen LogP contribution in [0.15, 0.2) is 30.5 Å². The van der Waals surface area contributed by atoms with Gasteiger partial charge in [0.05, 0.1) is 13.2 Å². The van der Waals surface area contributed by atoms with Crippen LogP contribution in [0.25, 0.3) is 0 Å². The van der Waals surface area contributed by atoms with Gasteiger partial charge < -0.3 is 15.0 Å². The number of nitrogens with zero attached hydrogens (tertiary/aromatic N) is 3. The van der Waals surface area contributed by atoms with Gasteiger partial charge in [-0.05, 0) is 17.7 Å². The van der Waals surface area contributed by atoms with Gasteiger partial charge in [-0.25, -0.2) is 9.37 Å². The molecule has 4 rings (SSSR count). The van der Waals surface area contributed by atoms with Crippen LogP contribution in [0.3, 0.4) is 0 Å². The van der Waals surface area contributed by atoms with Crippen LogP contribution in [0.2, 0.25) is 0 Å². The third kappa shape index (κ3) is 4.00. The molecule has 1 N–H and O–H groups in total. The van der Waals surface area contributed by atoms with Gasteiger partial charge in [0, 0.05) is 56.4 Å². The molecule has 0 amide bonds. The molecule has 0 bridgehead atoms. The standard InChI is InChI=1S/C18H23FN4OS/c19-15-3-1-2-14(10-15)17-12-20-4-5-23(17)13-16-11-21-18(25-16)22-6-8-24-9-7-22/h1-3,10-11,17,20H,4-9,12-13H2. The van der Waals surface area contributed by atoms with Crippen molar-refractivity contribution >= 4 is 16.5 Å². The predicted molar refractivity (Wildman–Crippen MR) is 97.6 cm³/mol. The maximum absolute atomic E-state index is 13.6. The quantitative estimate of drug-likeness (QED) is 0.904. The third-order valence-corrected chi connectivity index (χ3v) is 5.81. The lowest BCUT2D eigenvalue weighted by molar-refractivity contribution is 0.122. The second kappa shape index (κ2) is 7.78. The van der Waals surface area contributed by atoms with E-state index in [1.165, 1.54) is 10.9 Å². The van der Waals surface area contributed by atoms with Crippen molar-refractivity contribution in [1.82, 2.24) is 15.2 Å². The van der Waals surface area contributed by atoms with Gasteiger partial charge in [0.1, 0.15) is 5.82 Å². The largest absolute Gasteiger partial charge is 0.378 e. The number of thiazole rings is 1. The number of ether oxygens (including phenoxy) is 1. The molecule has 2 saturated heterocycles. The van der Waals surface area contributed by atoms with Crippen LogP contribution in [0.1, 0.15) is 16.5 Å². The summed E-state index contributed by atoms with van der Waals surface area (Å²) in [7, 11) is 0. The summed E-state index contributed by atoms with van der Waals surface area (Å²) in [5, 5.41) is 4.51. The minimum absolute atomic E-state index is 0.171. The summed E-state index contributed by atoms with van der Waals surface area (Å²) in [6, 6.07) is 7.15. The monoisotopic (exact) mass is 362 g/mol. The van der Waals surface area contributed by atoms with E-state index in [4.69, 9.17) is 4.74 Å². The normalized spacial score (nSPS) is 22.3. The number of halogens is 1. The molecule has 2 aliphatic rings. The van der Waals surface area contributed by atoms with Crippen LogP contribution in [0, 0.1) is 5.82 Å². The second-order valence-electron chi connectivity index (χ2n) is 6.45. The molecule has 0 radical (unpaired) electrons. The molecule has 0 spiro atoms. The predicted octanol–water partition coefficient (Wildman–Crippen LogP) is 2.27. The molecule has 7 heteroatoms. The molecule has 3 heterocycles. The van der Waals surface area contributed by atoms with E-state index in [-0.39, 0.29) is 11.9 Å². The van der Waals surface area contributed by atoms with Crippen LogP contribution < -0.4 is 10.2 Å². The van der Waals surface area contributed by atoms with Crippen molar-refractivity contribution in [2.24, 2.45) is 0 Å². The molecule has 1 unspecified atom stereocenters. The molecular weight excluding hydrogens is 339 g/mol. The maximum Gasteiger partial charge on any atom is 0.185 e. The van der Waals surface area contributed by atoms with Crippen molar-refractivity contribution in [2.45, 2.75) is 12.6 Å². The van der Waals surface area contributed by atoms with Crippen molar-refractivity contribution in [3.63, 3.8) is 0 Å². The first-order valence-corrected chi connectivity index (χ1v) is 9.59. The van der Waals surface area contributed by atoms with E-state index in [1.807, 2.05) is 12.3 Å². The third-order valence-electron chi connectivity index (χ3n) is 4.77. The molecule has 2 aromatic rings. The van der Waals surface area contributed by atoms with Gasteiger partial charge in [0.25, 0.3) is 0 Å². The Labute approximate surface area is 151 Å². The smallest absolute Gasteiger partial charge is 0.185 e. The molecule has 25 heavy (non-hydrogen) atoms. The number of morpholine rings is 1. The Hall–Kier alpha value is -1.54. The summed E-state index contributed by atoms with van der Waals surface area (Å²) in [5.41, 5.74) is 1.03. The Kier molecular flexibility index (Phi) is 5.26. The van der Waals surface area contributed by atoms with Gasteiger partial charge in [-0.3, -0.25) is 4.90 Å². The molecular formula is C18H23FN4OS. The summed E-state index contributed by atoms with van der Waals surface area (Å²) in [6.45, 7) is 6.97. The van der Waals surface area contributed by atoms with E-state index >= 15 is 0 Å². The lowest BCUT2D eigenvalue weighted by atomic mass is 10.0. The first kappa shape index (κ1) is 16.9. The molecule has 2 aliphatic heterocycles. The molecule has 0 saturated carbocycles. The fourth-order valence-corrected chi connectivity index (χ4v) is 4.44. The first-order chi connectivity index (χ1) is 12.3. The Balaban J connectivity index is 1.47. The van der Waals surface area contributed by atoms with Gasteiger partial charge in [-0.15, -0.1) is 11.3 Å². The number of benzene rings is 1. The number of aromatic nitrogens is 1. The average molecular weight is 362 g/mol. The second-order valence-corrected chi connectivity index (χ2v) is 7.55. The van der Waals surface area contributed by atoms with E-state index in [1.54, 1.807) is 23.5 Å². The van der Waals surface area contributed by atoms with Crippen molar-refractivity contribution in [1.29, 1.82) is 0 Å². The van der Waals surface area contributed by atoms with E-state index in [2.05, 4.69) is 20.1 Å². The zero-order valence-electron chi connectivity index (χ0n) is 14.2. The van der Waals surface area contributed by atoms with E-state index < -0.39 is 0 Å². The molecule has 1 aromatic carbocycles. The molecule has 5 nitrogen and oxygen atoms in total. The van der Waals surface area contributed by atoms with Crippen LogP contribution in [-0.4, -0.2) is 55.8 Å². The van der Waals surface area contributed by atoms with Gasteiger partial charge in [-0.1, -0.05) is 12.1 Å². The Morgan fingerprint density at radius 3 is 3.00 bits per heavy atom. The van der Waals surface area contributed by atoms with Crippen molar-refractivity contribution in [2.75, 3.05) is 50.8 Å². The highest BCUT2D eigenvalue weighted by molar-refractivity contribution is 7.15. The number of anilines is 1. The summed E-state index contributed by atoms with van der Waals surface area (Å²) < 4.78 is 19.0. The summed E-state index contributed by atoms with van der Waals surface area (Å²) in [4.78, 5) is 10.6. The first-order valence-electron chi connectivity index (χ1n) is 8.77. The van der Waals surface area contributed by atoms with Crippen molar-refractivity contribution in [3.05, 3.63) is 46.7 Å². The number of hydrogen-bond acceptors (Lipinski definition) is 6. The highest BCUT2D eigenvalue weighted by Crippen LogP contribution is 2.29. The van der Waals surface area contributed by atoms with Gasteiger partial charge >= 0.3 is 0 Å². The Bertz CT molecular complexity index is 704. The fraction of sp³-hybridized carbons (Fsp3) is 0.500. The lowest BCUT2D eigenvalue weighted by Gasteiger charge is -2.36. The molecule has 1 atom stereocenters. The average Bonchev–Trinajstić information content (AvgIpc) is 3.11. The number of hydrogen-bond donors (Lipinski definition) is 1. The maximum atomic E-state index is 13.6. The van der Waals surface area contributed by atoms with Gasteiger partial charge in [0.2, 0.25) is 0 Å². The van der Waals surface area contributed by atoms with E-state index in [9.17, 15) is 4.39 Å². The zero-order chi connectivity index (χ0) is 17.1. The Morgan fingerprint density at radius 1 is 1.28 bits per heavy atom. The van der Waals surface area contributed by atoms with Crippen LogP contribution in [0.5, 0.6) is 0 Å². The molecule has 134 valence electrons. The Morgan fingerprint density at radius 2 is 2.16 bits per heavy atom.